The van der Waals surface area contributed by atoms with Gasteiger partial charge in [0.05, 0.1) is 6.54 Å². The molecular weight excluding hydrogens is 168 g/mol. The molecule has 2 rings (SSSR count). The van der Waals surface area contributed by atoms with Crippen LogP contribution in [0.3, 0.4) is 0 Å². The molecule has 5 nitrogen and oxygen atoms in total. The molecule has 1 aromatic rings. The summed E-state index contributed by atoms with van der Waals surface area (Å²) >= 11 is 0. The number of hydrogen-bond donors (Lipinski definition) is 2. The molecule has 0 radical (unpaired) electrons. The highest BCUT2D eigenvalue weighted by Gasteiger charge is 2.41. The van der Waals surface area contributed by atoms with Gasteiger partial charge in [0.2, 0.25) is 5.89 Å². The SMILES string of the molecule is CCC1(Nc2nnc(CN)o2)CC1. The maximum absolute atomic E-state index is 5.35. The summed E-state index contributed by atoms with van der Waals surface area (Å²) in [5.74, 6) is 0.481. The number of rotatable bonds is 4. The molecule has 0 spiro atoms. The second-order valence-corrected chi connectivity index (χ2v) is 3.46. The predicted molar refractivity (Wildman–Crippen MR) is 48.1 cm³/mol. The van der Waals surface area contributed by atoms with Crippen molar-refractivity contribution in [1.29, 1.82) is 0 Å². The van der Waals surface area contributed by atoms with Gasteiger partial charge in [-0.15, -0.1) is 5.10 Å². The van der Waals surface area contributed by atoms with Gasteiger partial charge in [0, 0.05) is 5.54 Å². The van der Waals surface area contributed by atoms with Gasteiger partial charge in [-0.1, -0.05) is 12.0 Å². The van der Waals surface area contributed by atoms with Gasteiger partial charge in [0.1, 0.15) is 0 Å². The summed E-state index contributed by atoms with van der Waals surface area (Å²) in [6.07, 6.45) is 3.46. The molecule has 13 heavy (non-hydrogen) atoms. The Balaban J connectivity index is 2.01. The number of nitrogens with one attached hydrogen (secondary N) is 1. The number of aromatic nitrogens is 2. The second-order valence-electron chi connectivity index (χ2n) is 3.46. The van der Waals surface area contributed by atoms with Gasteiger partial charge in [-0.3, -0.25) is 0 Å². The van der Waals surface area contributed by atoms with Crippen molar-refractivity contribution >= 4 is 6.01 Å². The molecule has 1 heterocycles. The van der Waals surface area contributed by atoms with E-state index in [0.29, 0.717) is 18.5 Å². The summed E-state index contributed by atoms with van der Waals surface area (Å²) in [5, 5.41) is 10.9. The molecule has 1 fully saturated rings. The van der Waals surface area contributed by atoms with Crippen molar-refractivity contribution in [2.45, 2.75) is 38.3 Å². The summed E-state index contributed by atoms with van der Waals surface area (Å²) in [6.45, 7) is 2.45. The van der Waals surface area contributed by atoms with E-state index in [2.05, 4.69) is 22.4 Å². The molecule has 0 bridgehead atoms. The standard InChI is InChI=1S/C8H14N4O/c1-2-8(3-4-8)10-7-12-11-6(5-9)13-7/h2-5,9H2,1H3,(H,10,12). The summed E-state index contributed by atoms with van der Waals surface area (Å²) in [4.78, 5) is 0. The number of nitrogens with zero attached hydrogens (tertiary/aromatic N) is 2. The van der Waals surface area contributed by atoms with Crippen LogP contribution in [0.2, 0.25) is 0 Å². The van der Waals surface area contributed by atoms with Crippen molar-refractivity contribution in [3.8, 4) is 0 Å². The molecule has 0 unspecified atom stereocenters. The Morgan fingerprint density at radius 3 is 2.77 bits per heavy atom. The fourth-order valence-corrected chi connectivity index (χ4v) is 1.33. The van der Waals surface area contributed by atoms with E-state index in [9.17, 15) is 0 Å². The van der Waals surface area contributed by atoms with E-state index in [1.165, 1.54) is 12.8 Å². The van der Waals surface area contributed by atoms with E-state index >= 15 is 0 Å². The Bertz CT molecular complexity index is 292. The summed E-state index contributed by atoms with van der Waals surface area (Å²) < 4.78 is 5.25. The van der Waals surface area contributed by atoms with E-state index in [1.807, 2.05) is 0 Å². The zero-order valence-electron chi connectivity index (χ0n) is 7.71. The van der Waals surface area contributed by atoms with Crippen molar-refractivity contribution in [3.05, 3.63) is 5.89 Å². The Labute approximate surface area is 76.7 Å². The minimum absolute atomic E-state index is 0.221. The van der Waals surface area contributed by atoms with Crippen molar-refractivity contribution in [1.82, 2.24) is 10.2 Å². The van der Waals surface area contributed by atoms with Crippen LogP contribution in [-0.4, -0.2) is 15.7 Å². The first kappa shape index (κ1) is 8.50. The van der Waals surface area contributed by atoms with E-state index in [1.54, 1.807) is 0 Å². The van der Waals surface area contributed by atoms with Gasteiger partial charge in [-0.05, 0) is 19.3 Å². The fraction of sp³-hybridized carbons (Fsp3) is 0.750. The van der Waals surface area contributed by atoms with Gasteiger partial charge in [-0.2, -0.15) is 0 Å². The minimum Gasteiger partial charge on any atom is -0.407 e. The first-order valence-electron chi connectivity index (χ1n) is 4.59. The van der Waals surface area contributed by atoms with Crippen LogP contribution < -0.4 is 11.1 Å². The predicted octanol–water partition coefficient (Wildman–Crippen LogP) is 0.883. The Hall–Kier alpha value is -1.10. The van der Waals surface area contributed by atoms with Crippen molar-refractivity contribution in [3.63, 3.8) is 0 Å². The van der Waals surface area contributed by atoms with Crippen LogP contribution in [0.1, 0.15) is 32.1 Å². The van der Waals surface area contributed by atoms with Gasteiger partial charge < -0.3 is 15.5 Å². The Morgan fingerprint density at radius 2 is 2.31 bits per heavy atom. The number of anilines is 1. The molecule has 0 aromatic carbocycles. The van der Waals surface area contributed by atoms with Crippen LogP contribution in [0.4, 0.5) is 6.01 Å². The molecule has 0 atom stereocenters. The minimum atomic E-state index is 0.221. The molecule has 0 aliphatic heterocycles. The highest BCUT2D eigenvalue weighted by molar-refractivity contribution is 5.29. The second kappa shape index (κ2) is 2.99. The normalized spacial score (nSPS) is 18.6. The molecule has 1 aromatic heterocycles. The van der Waals surface area contributed by atoms with Gasteiger partial charge >= 0.3 is 6.01 Å². The molecule has 0 saturated heterocycles. The molecule has 1 saturated carbocycles. The van der Waals surface area contributed by atoms with Gasteiger partial charge in [-0.25, -0.2) is 0 Å². The van der Waals surface area contributed by atoms with Crippen molar-refractivity contribution in [2.75, 3.05) is 5.32 Å². The molecular formula is C8H14N4O. The average molecular weight is 182 g/mol. The highest BCUT2D eigenvalue weighted by atomic mass is 16.4. The Morgan fingerprint density at radius 1 is 1.54 bits per heavy atom. The highest BCUT2D eigenvalue weighted by Crippen LogP contribution is 2.41. The zero-order chi connectivity index (χ0) is 9.31. The van der Waals surface area contributed by atoms with Crippen LogP contribution in [0.15, 0.2) is 4.42 Å². The van der Waals surface area contributed by atoms with Gasteiger partial charge in [0.15, 0.2) is 0 Å². The third-order valence-corrected chi connectivity index (χ3v) is 2.54. The monoisotopic (exact) mass is 182 g/mol. The van der Waals surface area contributed by atoms with Gasteiger partial charge in [0.25, 0.3) is 0 Å². The van der Waals surface area contributed by atoms with Crippen LogP contribution >= 0.6 is 0 Å². The summed E-state index contributed by atoms with van der Waals surface area (Å²) in [5.41, 5.74) is 5.57. The maximum atomic E-state index is 5.35. The fourth-order valence-electron chi connectivity index (χ4n) is 1.33. The number of nitrogens with two attached hydrogens (primary N) is 1. The Kier molecular flexibility index (Phi) is 1.95. The first-order valence-corrected chi connectivity index (χ1v) is 4.59. The average Bonchev–Trinajstić information content (AvgIpc) is 2.77. The third-order valence-electron chi connectivity index (χ3n) is 2.54. The smallest absolute Gasteiger partial charge is 0.315 e. The third kappa shape index (κ3) is 1.65. The molecule has 5 heteroatoms. The van der Waals surface area contributed by atoms with E-state index < -0.39 is 0 Å². The lowest BCUT2D eigenvalue weighted by atomic mass is 10.2. The van der Waals surface area contributed by atoms with E-state index in [-0.39, 0.29) is 5.54 Å². The molecule has 72 valence electrons. The lowest BCUT2D eigenvalue weighted by Gasteiger charge is -2.11. The van der Waals surface area contributed by atoms with E-state index in [0.717, 1.165) is 6.42 Å². The first-order chi connectivity index (χ1) is 6.28. The molecule has 1 aliphatic rings. The van der Waals surface area contributed by atoms with Crippen molar-refractivity contribution in [2.24, 2.45) is 5.73 Å². The lowest BCUT2D eigenvalue weighted by molar-refractivity contribution is 0.496. The van der Waals surface area contributed by atoms with Crippen LogP contribution in [0, 0.1) is 0 Å². The quantitative estimate of drug-likeness (QED) is 0.722. The topological polar surface area (TPSA) is 77.0 Å². The molecule has 3 N–H and O–H groups in total. The number of hydrogen-bond acceptors (Lipinski definition) is 5. The van der Waals surface area contributed by atoms with Crippen LogP contribution in [-0.2, 0) is 6.54 Å². The lowest BCUT2D eigenvalue weighted by Crippen LogP contribution is -2.19. The van der Waals surface area contributed by atoms with Crippen LogP contribution in [0.25, 0.3) is 0 Å². The summed E-state index contributed by atoms with van der Waals surface area (Å²) in [6, 6.07) is 0.500. The zero-order valence-corrected chi connectivity index (χ0v) is 7.71. The van der Waals surface area contributed by atoms with Crippen molar-refractivity contribution < 1.29 is 4.42 Å². The molecule has 1 aliphatic carbocycles. The summed E-state index contributed by atoms with van der Waals surface area (Å²) in [7, 11) is 0. The molecule has 0 amide bonds. The van der Waals surface area contributed by atoms with Crippen LogP contribution in [0.5, 0.6) is 0 Å². The largest absolute Gasteiger partial charge is 0.407 e. The van der Waals surface area contributed by atoms with E-state index in [4.69, 9.17) is 10.2 Å². The maximum Gasteiger partial charge on any atom is 0.315 e.